The Labute approximate surface area is 201 Å². The first kappa shape index (κ1) is 21.9. The van der Waals surface area contributed by atoms with Crippen molar-refractivity contribution in [2.75, 3.05) is 7.05 Å². The first-order valence-corrected chi connectivity index (χ1v) is 11.1. The fourth-order valence-corrected chi connectivity index (χ4v) is 3.84. The highest BCUT2D eigenvalue weighted by Gasteiger charge is 2.13. The highest BCUT2D eigenvalue weighted by Crippen LogP contribution is 2.23. The van der Waals surface area contributed by atoms with Crippen LogP contribution < -0.4 is 0 Å². The molecule has 4 aromatic rings. The molecule has 0 unspecified atom stereocenters. The standard InChI is InChI=1S/C27H21FIN3/c1-32(28)27(25-14-8-13-24(19-25)21-11-6-3-7-12-21)30-26(31-29)23-17-15-22(16-18-23)20-9-4-2-5-10-20/h2-19H,1H3. The Bertz CT molecular complexity index is 1230. The molecule has 32 heavy (non-hydrogen) atoms. The normalized spacial score (nSPS) is 12.0. The second kappa shape index (κ2) is 10.3. The second-order valence-corrected chi connectivity index (χ2v) is 7.69. The molecule has 0 fully saturated rings. The average molecular weight is 533 g/mol. The molecule has 0 saturated carbocycles. The molecule has 0 radical (unpaired) electrons. The number of hydrogen-bond acceptors (Lipinski definition) is 1. The van der Waals surface area contributed by atoms with Gasteiger partial charge < -0.3 is 0 Å². The van der Waals surface area contributed by atoms with Crippen molar-refractivity contribution in [1.82, 2.24) is 5.12 Å². The van der Waals surface area contributed by atoms with Gasteiger partial charge in [0.05, 0.1) is 22.9 Å². The van der Waals surface area contributed by atoms with Gasteiger partial charge in [-0.2, -0.15) is 8.33 Å². The van der Waals surface area contributed by atoms with Gasteiger partial charge >= 0.3 is 0 Å². The SMILES string of the molecule is CN(F)C(=NC(=NI)c1ccc(-c2ccccc2)cc1)c1cccc(-c2ccccc2)c1. The van der Waals surface area contributed by atoms with Crippen LogP contribution in [0.25, 0.3) is 22.3 Å². The summed E-state index contributed by atoms with van der Waals surface area (Å²) in [5, 5.41) is 0.532. The summed E-state index contributed by atoms with van der Waals surface area (Å²) in [6, 6.07) is 35.8. The van der Waals surface area contributed by atoms with E-state index < -0.39 is 0 Å². The Morgan fingerprint density at radius 2 is 1.19 bits per heavy atom. The molecule has 0 heterocycles. The van der Waals surface area contributed by atoms with E-state index in [0.717, 1.165) is 27.8 Å². The number of halogens is 2. The lowest BCUT2D eigenvalue weighted by molar-refractivity contribution is 0.162. The largest absolute Gasteiger partial charge is 0.208 e. The summed E-state index contributed by atoms with van der Waals surface area (Å²) in [7, 11) is 1.34. The third-order valence-electron chi connectivity index (χ3n) is 5.06. The Morgan fingerprint density at radius 1 is 0.656 bits per heavy atom. The van der Waals surface area contributed by atoms with Gasteiger partial charge in [0, 0.05) is 18.2 Å². The summed E-state index contributed by atoms with van der Waals surface area (Å²) < 4.78 is 18.8. The van der Waals surface area contributed by atoms with Crippen LogP contribution in [0.15, 0.2) is 117 Å². The zero-order valence-electron chi connectivity index (χ0n) is 17.5. The highest BCUT2D eigenvalue weighted by molar-refractivity contribution is 14.1. The summed E-state index contributed by atoms with van der Waals surface area (Å²) in [6.07, 6.45) is 0. The molecule has 0 aliphatic carbocycles. The van der Waals surface area contributed by atoms with Crippen molar-refractivity contribution < 1.29 is 4.48 Å². The van der Waals surface area contributed by atoms with Gasteiger partial charge in [-0.3, -0.25) is 0 Å². The first-order chi connectivity index (χ1) is 15.7. The summed E-state index contributed by atoms with van der Waals surface area (Å²) in [5.41, 5.74) is 5.79. The first-order valence-electron chi connectivity index (χ1n) is 10.1. The second-order valence-electron chi connectivity index (χ2n) is 7.21. The van der Waals surface area contributed by atoms with Crippen LogP contribution in [0.2, 0.25) is 0 Å². The maximum Gasteiger partial charge on any atom is 0.167 e. The molecule has 3 nitrogen and oxygen atoms in total. The molecule has 0 atom stereocenters. The van der Waals surface area contributed by atoms with E-state index in [1.165, 1.54) is 7.05 Å². The van der Waals surface area contributed by atoms with Gasteiger partial charge in [0.25, 0.3) is 0 Å². The lowest BCUT2D eigenvalue weighted by Gasteiger charge is -2.14. The van der Waals surface area contributed by atoms with E-state index in [1.807, 2.05) is 120 Å². The summed E-state index contributed by atoms with van der Waals surface area (Å²) in [5.74, 6) is 0.653. The molecule has 0 amide bonds. The van der Waals surface area contributed by atoms with Crippen LogP contribution in [0.5, 0.6) is 0 Å². The van der Waals surface area contributed by atoms with Crippen molar-refractivity contribution in [3.63, 3.8) is 0 Å². The van der Waals surface area contributed by atoms with Crippen molar-refractivity contribution in [2.45, 2.75) is 0 Å². The van der Waals surface area contributed by atoms with Crippen LogP contribution >= 0.6 is 22.9 Å². The maximum absolute atomic E-state index is 14.5. The lowest BCUT2D eigenvalue weighted by atomic mass is 10.0. The Morgan fingerprint density at radius 3 is 1.75 bits per heavy atom. The third-order valence-corrected chi connectivity index (χ3v) is 5.52. The molecule has 0 aliphatic heterocycles. The van der Waals surface area contributed by atoms with E-state index >= 15 is 0 Å². The van der Waals surface area contributed by atoms with E-state index in [9.17, 15) is 4.48 Å². The molecule has 0 aliphatic rings. The molecular formula is C27H21FIN3. The number of amidine groups is 2. The van der Waals surface area contributed by atoms with Crippen molar-refractivity contribution in [3.05, 3.63) is 120 Å². The maximum atomic E-state index is 14.5. The van der Waals surface area contributed by atoms with E-state index in [4.69, 9.17) is 0 Å². The topological polar surface area (TPSA) is 28.0 Å². The summed E-state index contributed by atoms with van der Waals surface area (Å²) >= 11 is 1.91. The van der Waals surface area contributed by atoms with Gasteiger partial charge in [0.1, 0.15) is 0 Å². The summed E-state index contributed by atoms with van der Waals surface area (Å²) in [4.78, 5) is 4.58. The van der Waals surface area contributed by atoms with Gasteiger partial charge in [-0.15, -0.1) is 0 Å². The van der Waals surface area contributed by atoms with Gasteiger partial charge in [0.15, 0.2) is 11.7 Å². The number of nitrogens with zero attached hydrogens (tertiary/aromatic N) is 3. The number of hydrogen-bond donors (Lipinski definition) is 0. The average Bonchev–Trinajstić information content (AvgIpc) is 2.86. The number of rotatable bonds is 4. The molecule has 0 N–H and O–H groups in total. The number of benzene rings is 4. The Kier molecular flexibility index (Phi) is 7.07. The van der Waals surface area contributed by atoms with Crippen LogP contribution in [0.1, 0.15) is 11.1 Å². The minimum atomic E-state index is 0.199. The van der Waals surface area contributed by atoms with Crippen LogP contribution in [-0.2, 0) is 0 Å². The smallest absolute Gasteiger partial charge is 0.167 e. The van der Waals surface area contributed by atoms with Crippen LogP contribution in [-0.4, -0.2) is 23.8 Å². The van der Waals surface area contributed by atoms with E-state index in [2.05, 4.69) is 20.3 Å². The highest BCUT2D eigenvalue weighted by atomic mass is 127. The minimum absolute atomic E-state index is 0.199. The predicted molar refractivity (Wildman–Crippen MR) is 140 cm³/mol. The monoisotopic (exact) mass is 533 g/mol. The quantitative estimate of drug-likeness (QED) is 0.116. The van der Waals surface area contributed by atoms with Crippen molar-refractivity contribution >= 4 is 34.5 Å². The van der Waals surface area contributed by atoms with Crippen LogP contribution in [0, 0.1) is 0 Å². The fraction of sp³-hybridized carbons (Fsp3) is 0.0370. The fourth-order valence-electron chi connectivity index (χ4n) is 3.45. The molecule has 0 bridgehead atoms. The van der Waals surface area contributed by atoms with Crippen LogP contribution in [0.3, 0.4) is 0 Å². The van der Waals surface area contributed by atoms with Crippen molar-refractivity contribution in [2.24, 2.45) is 8.20 Å². The molecular weight excluding hydrogens is 512 g/mol. The molecule has 5 heteroatoms. The minimum Gasteiger partial charge on any atom is -0.208 e. The lowest BCUT2D eigenvalue weighted by Crippen LogP contribution is -2.21. The molecule has 0 saturated heterocycles. The molecule has 0 spiro atoms. The van der Waals surface area contributed by atoms with Gasteiger partial charge in [-0.05, 0) is 28.3 Å². The zero-order chi connectivity index (χ0) is 22.3. The molecule has 0 aromatic heterocycles. The predicted octanol–water partition coefficient (Wildman–Crippen LogP) is 7.38. The molecule has 158 valence electrons. The van der Waals surface area contributed by atoms with Crippen molar-refractivity contribution in [1.29, 1.82) is 0 Å². The number of aliphatic imine (C=N–C) groups is 1. The van der Waals surface area contributed by atoms with E-state index in [0.29, 0.717) is 16.5 Å². The Hall–Kier alpha value is -3.32. The van der Waals surface area contributed by atoms with Gasteiger partial charge in [0.2, 0.25) is 0 Å². The third kappa shape index (κ3) is 5.11. The van der Waals surface area contributed by atoms with Gasteiger partial charge in [-0.25, -0.2) is 4.99 Å². The van der Waals surface area contributed by atoms with Crippen molar-refractivity contribution in [3.8, 4) is 22.3 Å². The van der Waals surface area contributed by atoms with E-state index in [1.54, 1.807) is 0 Å². The summed E-state index contributed by atoms with van der Waals surface area (Å²) in [6.45, 7) is 0. The molecule has 4 aromatic carbocycles. The zero-order valence-corrected chi connectivity index (χ0v) is 19.6. The Balaban J connectivity index is 1.67. The van der Waals surface area contributed by atoms with Gasteiger partial charge in [-0.1, -0.05) is 108 Å². The van der Waals surface area contributed by atoms with Crippen LogP contribution in [0.4, 0.5) is 4.48 Å². The molecule has 4 rings (SSSR count). The van der Waals surface area contributed by atoms with E-state index in [-0.39, 0.29) is 5.84 Å².